The van der Waals surface area contributed by atoms with E-state index in [4.69, 9.17) is 9.05 Å². The highest BCUT2D eigenvalue weighted by molar-refractivity contribution is 7.94. The van der Waals surface area contributed by atoms with E-state index in [0.717, 1.165) is 0 Å². The molecule has 0 N–H and O–H groups in total. The van der Waals surface area contributed by atoms with Gasteiger partial charge in [0.15, 0.2) is 0 Å². The zero-order chi connectivity index (χ0) is 25.4. The van der Waals surface area contributed by atoms with Crippen molar-refractivity contribution >= 4 is 36.2 Å². The number of hydrogen-bond donors (Lipinski definition) is 0. The third kappa shape index (κ3) is 5.81. The topological polar surface area (TPSA) is 35.5 Å². The first-order chi connectivity index (χ1) is 18.2. The smallest absolute Gasteiger partial charge is 0.416 e. The minimum Gasteiger partial charge on any atom is -0.416 e. The average Bonchev–Trinajstić information content (AvgIpc) is 2.96. The monoisotopic (exact) mass is 522 g/mol. The Morgan fingerprint density at radius 3 is 1.08 bits per heavy atom. The Bertz CT molecular complexity index is 1360. The second-order valence-electron chi connectivity index (χ2n) is 8.51. The molecule has 0 aliphatic rings. The minimum atomic E-state index is -3.65. The van der Waals surface area contributed by atoms with Crippen LogP contribution in [0.15, 0.2) is 152 Å². The Labute approximate surface area is 218 Å². The van der Waals surface area contributed by atoms with Crippen LogP contribution in [-0.4, -0.2) is 12.0 Å². The summed E-state index contributed by atoms with van der Waals surface area (Å²) >= 11 is 0. The van der Waals surface area contributed by atoms with Gasteiger partial charge in [-0.2, -0.15) is 0 Å². The third-order valence-electron chi connectivity index (χ3n) is 6.04. The quantitative estimate of drug-likeness (QED) is 0.193. The molecule has 0 fully saturated rings. The van der Waals surface area contributed by atoms with Crippen molar-refractivity contribution in [3.63, 3.8) is 0 Å². The van der Waals surface area contributed by atoms with Gasteiger partial charge in [-0.1, -0.05) is 133 Å². The molecule has 5 rings (SSSR count). The second-order valence-corrected chi connectivity index (χ2v) is 13.8. The summed E-state index contributed by atoms with van der Waals surface area (Å²) in [5.74, 6) is 3.22. The lowest BCUT2D eigenvalue weighted by Gasteiger charge is -2.29. The molecule has 0 heterocycles. The number of hydrogen-bond acceptors (Lipinski definition) is 3. The van der Waals surface area contributed by atoms with E-state index in [2.05, 4.69) is 78.6 Å². The molecule has 5 aromatic carbocycles. The lowest BCUT2D eigenvalue weighted by atomic mass is 10.3. The fraction of sp³-hybridized carbons (Fsp3) is 0.0312. The van der Waals surface area contributed by atoms with Crippen molar-refractivity contribution in [1.29, 1.82) is 0 Å². The van der Waals surface area contributed by atoms with Crippen molar-refractivity contribution in [1.82, 2.24) is 0 Å². The van der Waals surface area contributed by atoms with Crippen LogP contribution in [0, 0.1) is 0 Å². The highest BCUT2D eigenvalue weighted by Crippen LogP contribution is 2.51. The summed E-state index contributed by atoms with van der Waals surface area (Å²) < 4.78 is 26.7. The summed E-state index contributed by atoms with van der Waals surface area (Å²) in [6, 6.07) is 49.8. The number of rotatable bonds is 9. The molecule has 37 heavy (non-hydrogen) atoms. The van der Waals surface area contributed by atoms with Gasteiger partial charge in [-0.25, -0.2) is 4.57 Å². The van der Waals surface area contributed by atoms with E-state index in [1.807, 2.05) is 54.6 Å². The third-order valence-corrected chi connectivity index (χ3v) is 12.0. The van der Waals surface area contributed by atoms with Gasteiger partial charge in [0, 0.05) is 0 Å². The van der Waals surface area contributed by atoms with Gasteiger partial charge in [-0.15, -0.1) is 0 Å². The van der Waals surface area contributed by atoms with E-state index in [0.29, 0.717) is 11.5 Å². The largest absolute Gasteiger partial charge is 0.434 e. The van der Waals surface area contributed by atoms with Crippen LogP contribution in [-0.2, 0) is 4.57 Å². The van der Waals surface area contributed by atoms with Crippen molar-refractivity contribution in [2.75, 3.05) is 6.16 Å². The Morgan fingerprint density at radius 1 is 0.459 bits per heavy atom. The van der Waals surface area contributed by atoms with Gasteiger partial charge in [0.05, 0.1) is 6.16 Å². The molecule has 0 saturated carbocycles. The Hall–Kier alpha value is -3.77. The molecular weight excluding hydrogens is 494 g/mol. The van der Waals surface area contributed by atoms with Crippen molar-refractivity contribution in [2.24, 2.45) is 0 Å². The second kappa shape index (κ2) is 11.5. The van der Waals surface area contributed by atoms with Crippen LogP contribution in [0.3, 0.4) is 0 Å². The summed E-state index contributed by atoms with van der Waals surface area (Å²) in [5, 5.41) is 3.54. The van der Waals surface area contributed by atoms with Gasteiger partial charge < -0.3 is 9.05 Å². The number of benzene rings is 5. The Balaban J connectivity index is 1.70. The molecule has 184 valence electrons. The van der Waals surface area contributed by atoms with Crippen molar-refractivity contribution in [3.8, 4) is 11.5 Å². The highest BCUT2D eigenvalue weighted by atomic mass is 31.2. The van der Waals surface area contributed by atoms with Crippen molar-refractivity contribution < 1.29 is 13.6 Å². The lowest BCUT2D eigenvalue weighted by molar-refractivity contribution is 0.391. The van der Waals surface area contributed by atoms with Crippen LogP contribution >= 0.6 is 14.5 Å². The van der Waals surface area contributed by atoms with E-state index < -0.39 is 14.5 Å². The molecule has 0 saturated heterocycles. The molecule has 0 atom stereocenters. The van der Waals surface area contributed by atoms with Gasteiger partial charge in [0.1, 0.15) is 11.5 Å². The van der Waals surface area contributed by atoms with E-state index in [9.17, 15) is 4.57 Å². The molecule has 0 aliphatic carbocycles. The molecule has 0 radical (unpaired) electrons. The maximum Gasteiger partial charge on any atom is 0.434 e. The summed E-state index contributed by atoms with van der Waals surface area (Å²) in [7, 11) is -3.65. The molecule has 5 heteroatoms. The molecule has 0 bridgehead atoms. The SMILES string of the molecule is O=P(CC=P(c1ccccc1)(c1ccccc1)c1ccccc1)(Oc1ccccc1)Oc1ccccc1. The molecule has 0 spiro atoms. The van der Waals surface area contributed by atoms with Crippen LogP contribution in [0.4, 0.5) is 0 Å². The van der Waals surface area contributed by atoms with Crippen LogP contribution < -0.4 is 25.0 Å². The lowest BCUT2D eigenvalue weighted by Crippen LogP contribution is -2.28. The molecule has 5 aromatic rings. The first-order valence-corrected chi connectivity index (χ1v) is 15.7. The maximum atomic E-state index is 14.4. The van der Waals surface area contributed by atoms with E-state index >= 15 is 0 Å². The highest BCUT2D eigenvalue weighted by Gasteiger charge is 2.31. The molecule has 0 amide bonds. The van der Waals surface area contributed by atoms with E-state index in [1.54, 1.807) is 24.3 Å². The zero-order valence-corrected chi connectivity index (χ0v) is 22.1. The van der Waals surface area contributed by atoms with E-state index in [-0.39, 0.29) is 6.16 Å². The average molecular weight is 523 g/mol. The molecule has 3 nitrogen and oxygen atoms in total. The summed E-state index contributed by atoms with van der Waals surface area (Å²) in [4.78, 5) is 0. The van der Waals surface area contributed by atoms with E-state index in [1.165, 1.54) is 15.9 Å². The molecule has 0 aliphatic heterocycles. The first-order valence-electron chi connectivity index (χ1n) is 12.2. The van der Waals surface area contributed by atoms with Crippen LogP contribution in [0.1, 0.15) is 0 Å². The zero-order valence-electron chi connectivity index (χ0n) is 20.3. The Kier molecular flexibility index (Phi) is 7.76. The molecule has 0 aromatic heterocycles. The maximum absolute atomic E-state index is 14.4. The van der Waals surface area contributed by atoms with Gasteiger partial charge in [-0.3, -0.25) is 0 Å². The van der Waals surface area contributed by atoms with Gasteiger partial charge in [-0.05, 0) is 47.1 Å². The minimum absolute atomic E-state index is 0.128. The van der Waals surface area contributed by atoms with Crippen molar-refractivity contribution in [2.45, 2.75) is 0 Å². The summed E-state index contributed by atoms with van der Waals surface area (Å²) in [6.07, 6.45) is 0.128. The predicted molar refractivity (Wildman–Crippen MR) is 158 cm³/mol. The normalized spacial score (nSPS) is 11.5. The summed E-state index contributed by atoms with van der Waals surface area (Å²) in [6.45, 7) is -2.32. The van der Waals surface area contributed by atoms with Gasteiger partial charge in [0.2, 0.25) is 0 Å². The van der Waals surface area contributed by atoms with Crippen LogP contribution in [0.25, 0.3) is 0 Å². The van der Waals surface area contributed by atoms with Crippen LogP contribution in [0.2, 0.25) is 0 Å². The van der Waals surface area contributed by atoms with Crippen molar-refractivity contribution in [3.05, 3.63) is 152 Å². The fourth-order valence-electron chi connectivity index (χ4n) is 4.35. The predicted octanol–water partition coefficient (Wildman–Crippen LogP) is 7.13. The van der Waals surface area contributed by atoms with Gasteiger partial charge >= 0.3 is 7.60 Å². The number of para-hydroxylation sites is 2. The fourth-order valence-corrected chi connectivity index (χ4v) is 10.7. The standard InChI is InChI=1S/C32H28O3P2/c33-37(34-28-16-6-1-7-17-28,35-29-18-8-2-9-19-29)27-26-36(30-20-10-3-11-21-30,31-22-12-4-13-23-31)32-24-14-5-15-25-32/h1-26H,27H2. The van der Waals surface area contributed by atoms with Gasteiger partial charge in [0.25, 0.3) is 0 Å². The summed E-state index contributed by atoms with van der Waals surface area (Å²) in [5.41, 5.74) is 0. The first kappa shape index (κ1) is 24.9. The molecule has 0 unspecified atom stereocenters. The van der Waals surface area contributed by atoms with Crippen LogP contribution in [0.5, 0.6) is 11.5 Å². The molecular formula is C32H28O3P2. The Morgan fingerprint density at radius 2 is 0.757 bits per heavy atom.